The summed E-state index contributed by atoms with van der Waals surface area (Å²) < 4.78 is 13.1. The highest BCUT2D eigenvalue weighted by Crippen LogP contribution is 2.41. The molecule has 1 saturated heterocycles. The average Bonchev–Trinajstić information content (AvgIpc) is 3.30. The van der Waals surface area contributed by atoms with Gasteiger partial charge < -0.3 is 14.2 Å². The molecular formula is C18H19ClN6O2S. The lowest BCUT2D eigenvalue weighted by molar-refractivity contribution is 0.121. The Hall–Kier alpha value is -2.10. The maximum atomic E-state index is 6.21. The molecule has 0 amide bonds. The Morgan fingerprint density at radius 1 is 1.14 bits per heavy atom. The van der Waals surface area contributed by atoms with Crippen molar-refractivity contribution in [2.75, 3.05) is 31.2 Å². The standard InChI is InChI=1S/C18H19ClN6O2S/c19-14-4-2-1-3-13(14)16-20-15(23-27-16)11-28-18-22-21-17(25(18)12-5-6-12)24-7-9-26-10-8-24/h1-4,12H,5-11H2. The fourth-order valence-corrected chi connectivity index (χ4v) is 4.25. The number of ether oxygens (including phenoxy) is 1. The molecule has 2 fully saturated rings. The van der Waals surface area contributed by atoms with Crippen LogP contribution in [-0.4, -0.2) is 51.2 Å². The zero-order valence-electron chi connectivity index (χ0n) is 15.1. The van der Waals surface area contributed by atoms with Crippen LogP contribution in [0.5, 0.6) is 0 Å². The van der Waals surface area contributed by atoms with Crippen molar-refractivity contribution in [2.24, 2.45) is 0 Å². The highest BCUT2D eigenvalue weighted by atomic mass is 35.5. The highest BCUT2D eigenvalue weighted by molar-refractivity contribution is 7.98. The lowest BCUT2D eigenvalue weighted by Crippen LogP contribution is -2.38. The zero-order chi connectivity index (χ0) is 18.9. The Morgan fingerprint density at radius 2 is 1.96 bits per heavy atom. The summed E-state index contributed by atoms with van der Waals surface area (Å²) >= 11 is 7.79. The minimum absolute atomic E-state index is 0.430. The van der Waals surface area contributed by atoms with Gasteiger partial charge in [0.15, 0.2) is 11.0 Å². The molecule has 0 spiro atoms. The predicted octanol–water partition coefficient (Wildman–Crippen LogP) is 3.45. The number of hydrogen-bond donors (Lipinski definition) is 0. The van der Waals surface area contributed by atoms with Gasteiger partial charge in [-0.3, -0.25) is 4.57 Å². The molecule has 0 unspecified atom stereocenters. The van der Waals surface area contributed by atoms with Gasteiger partial charge in [0.1, 0.15) is 0 Å². The van der Waals surface area contributed by atoms with Gasteiger partial charge in [-0.05, 0) is 25.0 Å². The Balaban J connectivity index is 1.32. The first kappa shape index (κ1) is 18.0. The average molecular weight is 419 g/mol. The van der Waals surface area contributed by atoms with Gasteiger partial charge in [-0.1, -0.05) is 40.7 Å². The highest BCUT2D eigenvalue weighted by Gasteiger charge is 2.32. The number of benzene rings is 1. The van der Waals surface area contributed by atoms with E-state index in [0.29, 0.717) is 28.5 Å². The number of aromatic nitrogens is 5. The van der Waals surface area contributed by atoms with Gasteiger partial charge in [-0.15, -0.1) is 10.2 Å². The second kappa shape index (κ2) is 7.73. The van der Waals surface area contributed by atoms with E-state index in [0.717, 1.165) is 43.0 Å². The Bertz CT molecular complexity index is 967. The van der Waals surface area contributed by atoms with E-state index in [-0.39, 0.29) is 0 Å². The van der Waals surface area contributed by atoms with E-state index in [1.54, 1.807) is 17.8 Å². The third kappa shape index (κ3) is 3.61. The summed E-state index contributed by atoms with van der Waals surface area (Å²) in [6.45, 7) is 3.16. The van der Waals surface area contributed by atoms with Crippen molar-refractivity contribution in [1.82, 2.24) is 24.9 Å². The summed E-state index contributed by atoms with van der Waals surface area (Å²) in [4.78, 5) is 6.73. The minimum Gasteiger partial charge on any atom is -0.378 e. The second-order valence-electron chi connectivity index (χ2n) is 6.77. The molecule has 3 heterocycles. The summed E-state index contributed by atoms with van der Waals surface area (Å²) in [6, 6.07) is 7.92. The first-order chi connectivity index (χ1) is 13.8. The smallest absolute Gasteiger partial charge is 0.259 e. The number of anilines is 1. The molecule has 10 heteroatoms. The topological polar surface area (TPSA) is 82.1 Å². The Morgan fingerprint density at radius 3 is 2.75 bits per heavy atom. The van der Waals surface area contributed by atoms with Crippen LogP contribution in [0.25, 0.3) is 11.5 Å². The molecule has 0 bridgehead atoms. The monoisotopic (exact) mass is 418 g/mol. The first-order valence-electron chi connectivity index (χ1n) is 9.27. The van der Waals surface area contributed by atoms with Crippen LogP contribution in [0.15, 0.2) is 33.9 Å². The molecule has 1 aliphatic heterocycles. The third-order valence-corrected chi connectivity index (χ3v) is 6.02. The molecule has 3 aromatic rings. The number of nitrogens with zero attached hydrogens (tertiary/aromatic N) is 6. The van der Waals surface area contributed by atoms with E-state index in [2.05, 4.69) is 29.8 Å². The van der Waals surface area contributed by atoms with E-state index in [9.17, 15) is 0 Å². The number of morpholine rings is 1. The van der Waals surface area contributed by atoms with Gasteiger partial charge in [0.2, 0.25) is 5.95 Å². The fourth-order valence-electron chi connectivity index (χ4n) is 3.18. The molecule has 1 aromatic carbocycles. The number of halogens is 1. The van der Waals surface area contributed by atoms with Crippen molar-refractivity contribution in [3.05, 3.63) is 35.1 Å². The SMILES string of the molecule is Clc1ccccc1-c1nc(CSc2nnc(N3CCOCC3)n2C2CC2)no1. The molecule has 1 saturated carbocycles. The second-order valence-corrected chi connectivity index (χ2v) is 8.12. The van der Waals surface area contributed by atoms with Gasteiger partial charge in [0.05, 0.1) is 29.6 Å². The van der Waals surface area contributed by atoms with E-state index in [1.807, 2.05) is 18.2 Å². The van der Waals surface area contributed by atoms with Crippen LogP contribution < -0.4 is 4.90 Å². The van der Waals surface area contributed by atoms with Gasteiger partial charge in [-0.25, -0.2) is 0 Å². The molecule has 2 aromatic heterocycles. The van der Waals surface area contributed by atoms with Crippen LogP contribution in [0.2, 0.25) is 5.02 Å². The van der Waals surface area contributed by atoms with Crippen molar-refractivity contribution < 1.29 is 9.26 Å². The van der Waals surface area contributed by atoms with Crippen molar-refractivity contribution in [2.45, 2.75) is 29.8 Å². The van der Waals surface area contributed by atoms with Crippen molar-refractivity contribution in [3.63, 3.8) is 0 Å². The summed E-state index contributed by atoms with van der Waals surface area (Å²) in [5, 5.41) is 14.5. The largest absolute Gasteiger partial charge is 0.378 e. The molecule has 146 valence electrons. The Kier molecular flexibility index (Phi) is 4.96. The quantitative estimate of drug-likeness (QED) is 0.563. The lowest BCUT2D eigenvalue weighted by atomic mass is 10.2. The van der Waals surface area contributed by atoms with Crippen molar-refractivity contribution in [1.29, 1.82) is 0 Å². The molecule has 2 aliphatic rings. The normalized spacial score (nSPS) is 17.2. The van der Waals surface area contributed by atoms with E-state index < -0.39 is 0 Å². The maximum absolute atomic E-state index is 6.21. The van der Waals surface area contributed by atoms with E-state index in [1.165, 1.54) is 12.8 Å². The first-order valence-corrected chi connectivity index (χ1v) is 10.6. The molecule has 5 rings (SSSR count). The molecule has 1 aliphatic carbocycles. The van der Waals surface area contributed by atoms with Crippen LogP contribution in [0.3, 0.4) is 0 Å². The van der Waals surface area contributed by atoms with Gasteiger partial charge in [0.25, 0.3) is 5.89 Å². The van der Waals surface area contributed by atoms with E-state index >= 15 is 0 Å². The number of rotatable bonds is 6. The third-order valence-electron chi connectivity index (χ3n) is 4.76. The van der Waals surface area contributed by atoms with E-state index in [4.69, 9.17) is 20.9 Å². The molecule has 0 N–H and O–H groups in total. The maximum Gasteiger partial charge on any atom is 0.259 e. The summed E-state index contributed by atoms with van der Waals surface area (Å²) in [7, 11) is 0. The molecule has 0 radical (unpaired) electrons. The van der Waals surface area contributed by atoms with Crippen LogP contribution in [0.4, 0.5) is 5.95 Å². The fraction of sp³-hybridized carbons (Fsp3) is 0.444. The predicted molar refractivity (Wildman–Crippen MR) is 106 cm³/mol. The summed E-state index contributed by atoms with van der Waals surface area (Å²) in [6.07, 6.45) is 2.34. The van der Waals surface area contributed by atoms with Gasteiger partial charge in [0, 0.05) is 19.1 Å². The minimum atomic E-state index is 0.430. The number of thioether (sulfide) groups is 1. The van der Waals surface area contributed by atoms with Crippen LogP contribution in [0.1, 0.15) is 24.7 Å². The van der Waals surface area contributed by atoms with Crippen LogP contribution >= 0.6 is 23.4 Å². The molecule has 28 heavy (non-hydrogen) atoms. The zero-order valence-corrected chi connectivity index (χ0v) is 16.7. The van der Waals surface area contributed by atoms with Crippen molar-refractivity contribution >= 4 is 29.3 Å². The molecule has 0 atom stereocenters. The summed E-state index contributed by atoms with van der Waals surface area (Å²) in [5.41, 5.74) is 0.740. The molecule has 8 nitrogen and oxygen atoms in total. The van der Waals surface area contributed by atoms with Gasteiger partial charge in [-0.2, -0.15) is 4.98 Å². The van der Waals surface area contributed by atoms with Crippen molar-refractivity contribution in [3.8, 4) is 11.5 Å². The Labute approximate surface area is 171 Å². The summed E-state index contributed by atoms with van der Waals surface area (Å²) in [5.74, 6) is 2.54. The lowest BCUT2D eigenvalue weighted by Gasteiger charge is -2.27. The van der Waals surface area contributed by atoms with Crippen LogP contribution in [-0.2, 0) is 10.5 Å². The van der Waals surface area contributed by atoms with Gasteiger partial charge >= 0.3 is 0 Å². The molecular weight excluding hydrogens is 400 g/mol. The number of hydrogen-bond acceptors (Lipinski definition) is 8. The van der Waals surface area contributed by atoms with Crippen LogP contribution in [0, 0.1) is 0 Å².